The fraction of sp³-hybridized carbons (Fsp3) is 0.294. The molecule has 2 amide bonds. The lowest BCUT2D eigenvalue weighted by Crippen LogP contribution is -2.40. The molecule has 0 saturated carbocycles. The highest BCUT2D eigenvalue weighted by Gasteiger charge is 2.18. The van der Waals surface area contributed by atoms with E-state index in [4.69, 9.17) is 14.9 Å². The summed E-state index contributed by atoms with van der Waals surface area (Å²) in [5.74, 6) is 0.232. The molecule has 7 nitrogen and oxygen atoms in total. The molecule has 1 aliphatic heterocycles. The van der Waals surface area contributed by atoms with E-state index in [2.05, 4.69) is 5.32 Å². The predicted molar refractivity (Wildman–Crippen MR) is 95.0 cm³/mol. The predicted octanol–water partition coefficient (Wildman–Crippen LogP) is 1.88. The Bertz CT molecular complexity index is 724. The Morgan fingerprint density at radius 2 is 1.80 bits per heavy atom. The maximum absolute atomic E-state index is 12.3. The van der Waals surface area contributed by atoms with E-state index in [1.165, 1.54) is 6.26 Å². The molecule has 3 N–H and O–H groups in total. The topological polar surface area (TPSA) is 97.8 Å². The number of hydrogen-bond donors (Lipinski definition) is 2. The van der Waals surface area contributed by atoms with Gasteiger partial charge < -0.3 is 25.1 Å². The van der Waals surface area contributed by atoms with Gasteiger partial charge in [-0.25, -0.2) is 0 Å². The van der Waals surface area contributed by atoms with Gasteiger partial charge in [0, 0.05) is 24.3 Å². The van der Waals surface area contributed by atoms with E-state index in [1.54, 1.807) is 35.2 Å². The number of furan rings is 1. The van der Waals surface area contributed by atoms with Crippen LogP contribution in [-0.4, -0.2) is 43.0 Å². The minimum Gasteiger partial charge on any atom is -0.467 e. The highest BCUT2D eigenvalue weighted by molar-refractivity contribution is 6.04. The molecular formula is C17H20ClN3O4. The molecule has 1 fully saturated rings. The third kappa shape index (κ3) is 4.60. The first-order valence-electron chi connectivity index (χ1n) is 7.73. The molecule has 25 heavy (non-hydrogen) atoms. The van der Waals surface area contributed by atoms with Crippen LogP contribution in [0.5, 0.6) is 0 Å². The van der Waals surface area contributed by atoms with Crippen molar-refractivity contribution in [2.75, 3.05) is 31.6 Å². The number of nitrogens with zero attached hydrogens (tertiary/aromatic N) is 1. The second kappa shape index (κ2) is 8.66. The summed E-state index contributed by atoms with van der Waals surface area (Å²) in [6.07, 6.45) is 1.37. The number of morpholine rings is 1. The normalized spacial score (nSPS) is 13.9. The lowest BCUT2D eigenvalue weighted by atomic mass is 10.1. The molecule has 0 radical (unpaired) electrons. The number of anilines is 1. The van der Waals surface area contributed by atoms with E-state index in [0.29, 0.717) is 48.9 Å². The van der Waals surface area contributed by atoms with Crippen LogP contribution in [0.25, 0.3) is 0 Å². The van der Waals surface area contributed by atoms with Gasteiger partial charge in [0.2, 0.25) is 0 Å². The monoisotopic (exact) mass is 365 g/mol. The second-order valence-corrected chi connectivity index (χ2v) is 5.44. The van der Waals surface area contributed by atoms with Gasteiger partial charge >= 0.3 is 0 Å². The SMILES string of the molecule is Cl.NCc1cc(C(=O)Nc2ccc(C(=O)N3CCOCC3)cc2)co1. The number of hydrogen-bond acceptors (Lipinski definition) is 5. The van der Waals surface area contributed by atoms with E-state index < -0.39 is 0 Å². The quantitative estimate of drug-likeness (QED) is 0.862. The first-order valence-corrected chi connectivity index (χ1v) is 7.73. The summed E-state index contributed by atoms with van der Waals surface area (Å²) < 4.78 is 10.4. The third-order valence-electron chi connectivity index (χ3n) is 3.81. The van der Waals surface area contributed by atoms with Gasteiger partial charge in [0.1, 0.15) is 12.0 Å². The summed E-state index contributed by atoms with van der Waals surface area (Å²) in [5.41, 5.74) is 7.05. The zero-order valence-corrected chi connectivity index (χ0v) is 14.4. The first-order chi connectivity index (χ1) is 11.7. The number of carbonyl (C=O) groups is 2. The fourth-order valence-electron chi connectivity index (χ4n) is 2.46. The molecule has 0 atom stereocenters. The molecular weight excluding hydrogens is 346 g/mol. The molecule has 1 saturated heterocycles. The minimum atomic E-state index is -0.286. The van der Waals surface area contributed by atoms with Crippen LogP contribution in [0, 0.1) is 0 Å². The summed E-state index contributed by atoms with van der Waals surface area (Å²) in [4.78, 5) is 26.2. The van der Waals surface area contributed by atoms with Crippen LogP contribution in [0.4, 0.5) is 5.69 Å². The van der Waals surface area contributed by atoms with Gasteiger partial charge in [-0.3, -0.25) is 9.59 Å². The summed E-state index contributed by atoms with van der Waals surface area (Å²) in [7, 11) is 0. The Kier molecular flexibility index (Phi) is 6.58. The van der Waals surface area contributed by atoms with Crippen molar-refractivity contribution in [1.29, 1.82) is 0 Å². The maximum Gasteiger partial charge on any atom is 0.258 e. The summed E-state index contributed by atoms with van der Waals surface area (Å²) >= 11 is 0. The Balaban J connectivity index is 0.00000225. The number of ether oxygens (including phenoxy) is 1. The summed E-state index contributed by atoms with van der Waals surface area (Å²) in [6, 6.07) is 8.42. The van der Waals surface area contributed by atoms with Crippen LogP contribution in [-0.2, 0) is 11.3 Å². The van der Waals surface area contributed by atoms with Gasteiger partial charge in [0.15, 0.2) is 0 Å². The lowest BCUT2D eigenvalue weighted by molar-refractivity contribution is 0.0303. The number of halogens is 1. The van der Waals surface area contributed by atoms with Crippen LogP contribution in [0.3, 0.4) is 0 Å². The van der Waals surface area contributed by atoms with E-state index >= 15 is 0 Å². The van der Waals surface area contributed by atoms with Gasteiger partial charge in [-0.1, -0.05) is 0 Å². The van der Waals surface area contributed by atoms with Crippen LogP contribution in [0.1, 0.15) is 26.5 Å². The number of rotatable bonds is 4. The van der Waals surface area contributed by atoms with Crippen LogP contribution >= 0.6 is 12.4 Å². The average Bonchev–Trinajstić information content (AvgIpc) is 3.12. The number of carbonyl (C=O) groups excluding carboxylic acids is 2. The van der Waals surface area contributed by atoms with E-state index in [0.717, 1.165) is 0 Å². The van der Waals surface area contributed by atoms with Crippen LogP contribution in [0.2, 0.25) is 0 Å². The maximum atomic E-state index is 12.3. The molecule has 0 bridgehead atoms. The van der Waals surface area contributed by atoms with Gasteiger partial charge in [-0.2, -0.15) is 0 Å². The van der Waals surface area contributed by atoms with Gasteiger partial charge in [-0.05, 0) is 30.3 Å². The minimum absolute atomic E-state index is 0. The van der Waals surface area contributed by atoms with Crippen molar-refractivity contribution in [3.8, 4) is 0 Å². The molecule has 3 rings (SSSR count). The van der Waals surface area contributed by atoms with Crippen molar-refractivity contribution in [2.24, 2.45) is 5.73 Å². The fourth-order valence-corrected chi connectivity index (χ4v) is 2.46. The lowest BCUT2D eigenvalue weighted by Gasteiger charge is -2.26. The molecule has 1 aromatic heterocycles. The number of nitrogens with one attached hydrogen (secondary N) is 1. The molecule has 1 aromatic carbocycles. The molecule has 2 aromatic rings. The molecule has 0 unspecified atom stereocenters. The van der Waals surface area contributed by atoms with Gasteiger partial charge in [-0.15, -0.1) is 12.4 Å². The zero-order chi connectivity index (χ0) is 16.9. The molecule has 0 aliphatic carbocycles. The standard InChI is InChI=1S/C17H19N3O4.ClH/c18-10-15-9-13(11-24-15)16(21)19-14-3-1-12(2-4-14)17(22)20-5-7-23-8-6-20;/h1-4,9,11H,5-8,10,18H2,(H,19,21);1H. The number of nitrogens with two attached hydrogens (primary N) is 1. The molecule has 134 valence electrons. The molecule has 8 heteroatoms. The first kappa shape index (κ1) is 19.0. The Labute approximate surface area is 151 Å². The van der Waals surface area contributed by atoms with Crippen molar-refractivity contribution in [2.45, 2.75) is 6.54 Å². The van der Waals surface area contributed by atoms with Crippen molar-refractivity contribution in [3.63, 3.8) is 0 Å². The summed E-state index contributed by atoms with van der Waals surface area (Å²) in [5, 5.41) is 2.76. The highest BCUT2D eigenvalue weighted by atomic mass is 35.5. The Morgan fingerprint density at radius 3 is 2.40 bits per heavy atom. The average molecular weight is 366 g/mol. The zero-order valence-electron chi connectivity index (χ0n) is 13.6. The number of benzene rings is 1. The Hall–Kier alpha value is -2.35. The van der Waals surface area contributed by atoms with Crippen molar-refractivity contribution in [3.05, 3.63) is 53.5 Å². The Morgan fingerprint density at radius 1 is 1.12 bits per heavy atom. The largest absolute Gasteiger partial charge is 0.467 e. The molecule has 2 heterocycles. The molecule has 0 spiro atoms. The second-order valence-electron chi connectivity index (χ2n) is 5.44. The smallest absolute Gasteiger partial charge is 0.258 e. The number of amides is 2. The van der Waals surface area contributed by atoms with Gasteiger partial charge in [0.25, 0.3) is 11.8 Å². The van der Waals surface area contributed by atoms with Crippen LogP contribution < -0.4 is 11.1 Å². The summed E-state index contributed by atoms with van der Waals surface area (Å²) in [6.45, 7) is 2.57. The van der Waals surface area contributed by atoms with E-state index in [-0.39, 0.29) is 30.8 Å². The van der Waals surface area contributed by atoms with Gasteiger partial charge in [0.05, 0.1) is 25.3 Å². The van der Waals surface area contributed by atoms with E-state index in [1.807, 2.05) is 0 Å². The van der Waals surface area contributed by atoms with Crippen molar-refractivity contribution < 1.29 is 18.7 Å². The third-order valence-corrected chi connectivity index (χ3v) is 3.81. The molecule has 1 aliphatic rings. The highest BCUT2D eigenvalue weighted by Crippen LogP contribution is 2.15. The van der Waals surface area contributed by atoms with Crippen LogP contribution in [0.15, 0.2) is 41.0 Å². The van der Waals surface area contributed by atoms with Crippen molar-refractivity contribution >= 4 is 29.9 Å². The van der Waals surface area contributed by atoms with E-state index in [9.17, 15) is 9.59 Å². The van der Waals surface area contributed by atoms with Crippen molar-refractivity contribution in [1.82, 2.24) is 4.90 Å².